The molecule has 86 valence electrons. The molecule has 0 bridgehead atoms. The number of nitro benzene ring substituents is 1. The largest absolute Gasteiger partial charge is 0.462 e. The highest BCUT2D eigenvalue weighted by Crippen LogP contribution is 2.25. The molecule has 16 heavy (non-hydrogen) atoms. The first-order valence-corrected chi connectivity index (χ1v) is 5.67. The van der Waals surface area contributed by atoms with Crippen molar-refractivity contribution >= 4 is 34.2 Å². The van der Waals surface area contributed by atoms with Crippen LogP contribution in [-0.2, 0) is 4.74 Å². The van der Waals surface area contributed by atoms with Crippen LogP contribution >= 0.6 is 22.6 Å². The Bertz CT molecular complexity index is 445. The third-order valence-corrected chi connectivity index (χ3v) is 3.15. The Balaban J connectivity index is 3.24. The van der Waals surface area contributed by atoms with Crippen LogP contribution in [0.4, 0.5) is 5.69 Å². The maximum absolute atomic E-state index is 11.4. The fraction of sp³-hybridized carbons (Fsp3) is 0.300. The molecule has 0 aliphatic carbocycles. The Morgan fingerprint density at radius 3 is 2.69 bits per heavy atom. The van der Waals surface area contributed by atoms with Gasteiger partial charge in [-0.1, -0.05) is 0 Å². The second-order valence-corrected chi connectivity index (χ2v) is 4.24. The maximum Gasteiger partial charge on any atom is 0.338 e. The van der Waals surface area contributed by atoms with Gasteiger partial charge in [-0.3, -0.25) is 10.1 Å². The number of esters is 1. The fourth-order valence-electron chi connectivity index (χ4n) is 1.19. The lowest BCUT2D eigenvalue weighted by molar-refractivity contribution is -0.385. The lowest BCUT2D eigenvalue weighted by Gasteiger charge is -2.05. The summed E-state index contributed by atoms with van der Waals surface area (Å²) in [5.74, 6) is -0.538. The molecule has 0 heterocycles. The highest BCUT2D eigenvalue weighted by molar-refractivity contribution is 14.1. The molecule has 0 spiro atoms. The highest BCUT2D eigenvalue weighted by atomic mass is 127. The van der Waals surface area contributed by atoms with Gasteiger partial charge in [0.1, 0.15) is 0 Å². The monoisotopic (exact) mass is 335 g/mol. The van der Waals surface area contributed by atoms with Crippen molar-refractivity contribution in [2.75, 3.05) is 6.61 Å². The molecular weight excluding hydrogens is 325 g/mol. The molecule has 0 fully saturated rings. The van der Waals surface area contributed by atoms with E-state index in [4.69, 9.17) is 4.74 Å². The molecule has 6 heteroatoms. The Morgan fingerprint density at radius 2 is 2.19 bits per heavy atom. The van der Waals surface area contributed by atoms with Crippen molar-refractivity contribution in [3.63, 3.8) is 0 Å². The summed E-state index contributed by atoms with van der Waals surface area (Å²) in [6, 6.07) is 2.83. The zero-order valence-electron chi connectivity index (χ0n) is 8.82. The number of carbonyl (C=O) groups excluding carboxylic acids is 1. The second kappa shape index (κ2) is 5.24. The van der Waals surface area contributed by atoms with Crippen molar-refractivity contribution in [3.05, 3.63) is 36.9 Å². The molecule has 5 nitrogen and oxygen atoms in total. The summed E-state index contributed by atoms with van der Waals surface area (Å²) in [4.78, 5) is 21.7. The van der Waals surface area contributed by atoms with Crippen molar-refractivity contribution in [2.45, 2.75) is 13.8 Å². The Hall–Kier alpha value is -1.18. The first-order valence-electron chi connectivity index (χ1n) is 4.59. The van der Waals surface area contributed by atoms with Crippen molar-refractivity contribution in [2.24, 2.45) is 0 Å². The summed E-state index contributed by atoms with van der Waals surface area (Å²) >= 11 is 1.96. The van der Waals surface area contributed by atoms with Gasteiger partial charge in [-0.25, -0.2) is 4.79 Å². The van der Waals surface area contributed by atoms with Gasteiger partial charge >= 0.3 is 5.97 Å². The molecule has 0 radical (unpaired) electrons. The Labute approximate surface area is 106 Å². The quantitative estimate of drug-likeness (QED) is 0.369. The van der Waals surface area contributed by atoms with Gasteiger partial charge < -0.3 is 4.74 Å². The molecule has 0 saturated heterocycles. The van der Waals surface area contributed by atoms with Crippen LogP contribution < -0.4 is 0 Å². The Morgan fingerprint density at radius 1 is 1.56 bits per heavy atom. The summed E-state index contributed by atoms with van der Waals surface area (Å²) in [6.07, 6.45) is 0. The summed E-state index contributed by atoms with van der Waals surface area (Å²) in [7, 11) is 0. The topological polar surface area (TPSA) is 69.4 Å². The summed E-state index contributed by atoms with van der Waals surface area (Å²) < 4.78 is 5.47. The van der Waals surface area contributed by atoms with Crippen LogP contribution in [0, 0.1) is 20.6 Å². The van der Waals surface area contributed by atoms with Crippen LogP contribution in [0.25, 0.3) is 0 Å². The van der Waals surface area contributed by atoms with E-state index >= 15 is 0 Å². The zero-order chi connectivity index (χ0) is 12.3. The molecule has 0 saturated carbocycles. The number of hydrogen-bond acceptors (Lipinski definition) is 4. The molecule has 1 rings (SSSR count). The molecule has 0 N–H and O–H groups in total. The van der Waals surface area contributed by atoms with E-state index in [1.54, 1.807) is 19.9 Å². The molecule has 0 amide bonds. The van der Waals surface area contributed by atoms with Crippen molar-refractivity contribution in [1.82, 2.24) is 0 Å². The minimum atomic E-state index is -0.538. The predicted molar refractivity (Wildman–Crippen MR) is 66.5 cm³/mol. The molecule has 1 aromatic rings. The van der Waals surface area contributed by atoms with E-state index in [1.807, 2.05) is 22.6 Å². The van der Waals surface area contributed by atoms with E-state index < -0.39 is 10.9 Å². The normalized spacial score (nSPS) is 9.94. The predicted octanol–water partition coefficient (Wildman–Crippen LogP) is 2.68. The SMILES string of the molecule is CCOC(=O)c1cc(I)c(C)c([N+](=O)[O-])c1. The minimum absolute atomic E-state index is 0.0602. The van der Waals surface area contributed by atoms with Gasteiger partial charge in [-0.15, -0.1) is 0 Å². The first-order chi connectivity index (χ1) is 7.47. The van der Waals surface area contributed by atoms with Gasteiger partial charge in [0, 0.05) is 15.2 Å². The minimum Gasteiger partial charge on any atom is -0.462 e. The fourth-order valence-corrected chi connectivity index (χ4v) is 1.80. The number of ether oxygens (including phenoxy) is 1. The molecule has 0 aliphatic rings. The third kappa shape index (κ3) is 2.69. The van der Waals surface area contributed by atoms with Gasteiger partial charge in [0.05, 0.1) is 17.1 Å². The number of hydrogen-bond donors (Lipinski definition) is 0. The van der Waals surface area contributed by atoms with Crippen LogP contribution in [0.2, 0.25) is 0 Å². The molecule has 0 atom stereocenters. The van der Waals surface area contributed by atoms with E-state index in [-0.39, 0.29) is 17.9 Å². The van der Waals surface area contributed by atoms with Crippen LogP contribution in [-0.4, -0.2) is 17.5 Å². The van der Waals surface area contributed by atoms with E-state index in [2.05, 4.69) is 0 Å². The number of benzene rings is 1. The lowest BCUT2D eigenvalue weighted by atomic mass is 10.1. The summed E-state index contributed by atoms with van der Waals surface area (Å²) in [5.41, 5.74) is 0.706. The third-order valence-electron chi connectivity index (χ3n) is 2.02. The van der Waals surface area contributed by atoms with Gasteiger partial charge in [0.2, 0.25) is 0 Å². The first kappa shape index (κ1) is 12.9. The molecule has 0 aliphatic heterocycles. The van der Waals surface area contributed by atoms with Gasteiger partial charge in [0.15, 0.2) is 0 Å². The molecule has 0 unspecified atom stereocenters. The average Bonchev–Trinajstić information content (AvgIpc) is 2.21. The number of halogens is 1. The number of rotatable bonds is 3. The van der Waals surface area contributed by atoms with E-state index in [0.717, 1.165) is 0 Å². The van der Waals surface area contributed by atoms with Gasteiger partial charge in [0.25, 0.3) is 5.69 Å². The van der Waals surface area contributed by atoms with Crippen molar-refractivity contribution < 1.29 is 14.5 Å². The molecule has 1 aromatic carbocycles. The van der Waals surface area contributed by atoms with Gasteiger partial charge in [-0.05, 0) is 42.5 Å². The molecular formula is C10H10INO4. The average molecular weight is 335 g/mol. The number of nitrogens with zero attached hydrogens (tertiary/aromatic N) is 1. The Kier molecular flexibility index (Phi) is 4.22. The smallest absolute Gasteiger partial charge is 0.338 e. The van der Waals surface area contributed by atoms with Crippen molar-refractivity contribution in [3.8, 4) is 0 Å². The van der Waals surface area contributed by atoms with E-state index in [0.29, 0.717) is 9.13 Å². The van der Waals surface area contributed by atoms with Crippen LogP contribution in [0.1, 0.15) is 22.8 Å². The summed E-state index contributed by atoms with van der Waals surface area (Å²) in [5, 5.41) is 10.8. The van der Waals surface area contributed by atoms with E-state index in [9.17, 15) is 14.9 Å². The van der Waals surface area contributed by atoms with Crippen LogP contribution in [0.3, 0.4) is 0 Å². The number of carbonyl (C=O) groups is 1. The second-order valence-electron chi connectivity index (χ2n) is 3.08. The summed E-state index contributed by atoms with van der Waals surface area (Å²) in [6.45, 7) is 3.58. The van der Waals surface area contributed by atoms with E-state index in [1.165, 1.54) is 6.07 Å². The van der Waals surface area contributed by atoms with Gasteiger partial charge in [-0.2, -0.15) is 0 Å². The number of nitro groups is 1. The maximum atomic E-state index is 11.4. The van der Waals surface area contributed by atoms with Crippen LogP contribution in [0.15, 0.2) is 12.1 Å². The standard InChI is InChI=1S/C10H10INO4/c1-3-16-10(13)7-4-8(11)6(2)9(5-7)12(14)15/h4-5H,3H2,1-2H3. The van der Waals surface area contributed by atoms with Crippen molar-refractivity contribution in [1.29, 1.82) is 0 Å². The zero-order valence-corrected chi connectivity index (χ0v) is 11.0. The lowest BCUT2D eigenvalue weighted by Crippen LogP contribution is -2.06. The highest BCUT2D eigenvalue weighted by Gasteiger charge is 2.18. The molecule has 0 aromatic heterocycles. The van der Waals surface area contributed by atoms with Crippen LogP contribution in [0.5, 0.6) is 0 Å².